The lowest BCUT2D eigenvalue weighted by molar-refractivity contribution is -0.136. The molecule has 0 heterocycles. The van der Waals surface area contributed by atoms with Gasteiger partial charge in [-0.3, -0.25) is 4.79 Å². The molecular formula is C13H24N2O. The van der Waals surface area contributed by atoms with Gasteiger partial charge in [-0.15, -0.1) is 0 Å². The van der Waals surface area contributed by atoms with E-state index in [1.807, 2.05) is 0 Å². The molecule has 0 aliphatic heterocycles. The number of rotatable bonds is 3. The van der Waals surface area contributed by atoms with Gasteiger partial charge in [-0.25, -0.2) is 0 Å². The van der Waals surface area contributed by atoms with Crippen molar-refractivity contribution in [1.82, 2.24) is 5.32 Å². The fraction of sp³-hybridized carbons (Fsp3) is 0.923. The van der Waals surface area contributed by atoms with E-state index in [0.717, 1.165) is 25.7 Å². The Kier molecular flexibility index (Phi) is 3.53. The molecule has 2 aliphatic carbocycles. The summed E-state index contributed by atoms with van der Waals surface area (Å²) in [6.45, 7) is 2.76. The average Bonchev–Trinajstić information content (AvgIpc) is 2.21. The maximum Gasteiger partial charge on any atom is 0.227 e. The SMILES string of the molecule is CC1CCCCC1NC(=O)C1(CN)CCC1. The van der Waals surface area contributed by atoms with Gasteiger partial charge in [-0.2, -0.15) is 0 Å². The molecule has 0 radical (unpaired) electrons. The number of amides is 1. The summed E-state index contributed by atoms with van der Waals surface area (Å²) in [5, 5.41) is 3.24. The molecule has 3 nitrogen and oxygen atoms in total. The van der Waals surface area contributed by atoms with Crippen LogP contribution in [-0.2, 0) is 4.79 Å². The molecule has 0 spiro atoms. The summed E-state index contributed by atoms with van der Waals surface area (Å²) in [7, 11) is 0. The van der Waals surface area contributed by atoms with Crippen molar-refractivity contribution in [2.45, 2.75) is 57.9 Å². The minimum Gasteiger partial charge on any atom is -0.353 e. The highest BCUT2D eigenvalue weighted by molar-refractivity contribution is 5.84. The first kappa shape index (κ1) is 11.9. The Morgan fingerprint density at radius 1 is 1.31 bits per heavy atom. The summed E-state index contributed by atoms with van der Waals surface area (Å²) < 4.78 is 0. The second-order valence-electron chi connectivity index (χ2n) is 5.68. The maximum absolute atomic E-state index is 12.2. The topological polar surface area (TPSA) is 55.1 Å². The van der Waals surface area contributed by atoms with Crippen molar-refractivity contribution in [3.05, 3.63) is 0 Å². The van der Waals surface area contributed by atoms with Crippen LogP contribution in [0.5, 0.6) is 0 Å². The van der Waals surface area contributed by atoms with E-state index in [2.05, 4.69) is 12.2 Å². The third-order valence-electron chi connectivity index (χ3n) is 4.61. The van der Waals surface area contributed by atoms with Gasteiger partial charge in [0.2, 0.25) is 5.91 Å². The number of hydrogen-bond donors (Lipinski definition) is 2. The van der Waals surface area contributed by atoms with Crippen molar-refractivity contribution >= 4 is 5.91 Å². The lowest BCUT2D eigenvalue weighted by Gasteiger charge is -2.41. The van der Waals surface area contributed by atoms with E-state index in [0.29, 0.717) is 18.5 Å². The highest BCUT2D eigenvalue weighted by Gasteiger charge is 2.43. The van der Waals surface area contributed by atoms with Crippen LogP contribution in [0.2, 0.25) is 0 Å². The lowest BCUT2D eigenvalue weighted by atomic mass is 9.68. The first-order valence-corrected chi connectivity index (χ1v) is 6.69. The Hall–Kier alpha value is -0.570. The standard InChI is InChI=1S/C13H24N2O/c1-10-5-2-3-6-11(10)15-12(16)13(9-14)7-4-8-13/h10-11H,2-9,14H2,1H3,(H,15,16). The predicted octanol–water partition coefficient (Wildman–Crippen LogP) is 1.81. The maximum atomic E-state index is 12.2. The lowest BCUT2D eigenvalue weighted by Crippen LogP contribution is -2.54. The third-order valence-corrected chi connectivity index (χ3v) is 4.61. The van der Waals surface area contributed by atoms with Crippen molar-refractivity contribution in [3.8, 4) is 0 Å². The first-order valence-electron chi connectivity index (χ1n) is 6.69. The Labute approximate surface area is 98.2 Å². The average molecular weight is 224 g/mol. The van der Waals surface area contributed by atoms with Crippen LogP contribution in [0.4, 0.5) is 0 Å². The molecule has 0 aromatic heterocycles. The highest BCUT2D eigenvalue weighted by atomic mass is 16.2. The minimum atomic E-state index is -0.211. The fourth-order valence-electron chi connectivity index (χ4n) is 2.98. The highest BCUT2D eigenvalue weighted by Crippen LogP contribution is 2.40. The molecule has 2 atom stereocenters. The summed E-state index contributed by atoms with van der Waals surface area (Å²) >= 11 is 0. The molecule has 3 heteroatoms. The van der Waals surface area contributed by atoms with Crippen LogP contribution < -0.4 is 11.1 Å². The van der Waals surface area contributed by atoms with Gasteiger partial charge in [0.15, 0.2) is 0 Å². The second-order valence-corrected chi connectivity index (χ2v) is 5.68. The normalized spacial score (nSPS) is 32.9. The Bertz CT molecular complexity index is 255. The van der Waals surface area contributed by atoms with Crippen molar-refractivity contribution in [2.75, 3.05) is 6.54 Å². The van der Waals surface area contributed by atoms with E-state index < -0.39 is 0 Å². The van der Waals surface area contributed by atoms with Crippen molar-refractivity contribution < 1.29 is 4.79 Å². The van der Waals surface area contributed by atoms with Gasteiger partial charge < -0.3 is 11.1 Å². The zero-order valence-corrected chi connectivity index (χ0v) is 10.3. The van der Waals surface area contributed by atoms with Gasteiger partial charge in [0, 0.05) is 12.6 Å². The van der Waals surface area contributed by atoms with E-state index in [9.17, 15) is 4.79 Å². The van der Waals surface area contributed by atoms with Crippen LogP contribution >= 0.6 is 0 Å². The van der Waals surface area contributed by atoms with E-state index in [1.165, 1.54) is 19.3 Å². The van der Waals surface area contributed by atoms with E-state index in [1.54, 1.807) is 0 Å². The van der Waals surface area contributed by atoms with E-state index in [-0.39, 0.29) is 11.3 Å². The molecule has 2 aliphatic rings. The number of nitrogens with two attached hydrogens (primary N) is 1. The molecule has 1 amide bonds. The van der Waals surface area contributed by atoms with Crippen LogP contribution in [0, 0.1) is 11.3 Å². The number of hydrogen-bond acceptors (Lipinski definition) is 2. The molecule has 3 N–H and O–H groups in total. The molecule has 2 unspecified atom stereocenters. The van der Waals surface area contributed by atoms with Gasteiger partial charge in [0.25, 0.3) is 0 Å². The van der Waals surface area contributed by atoms with Crippen LogP contribution in [-0.4, -0.2) is 18.5 Å². The van der Waals surface area contributed by atoms with Crippen LogP contribution in [0.25, 0.3) is 0 Å². The molecule has 16 heavy (non-hydrogen) atoms. The van der Waals surface area contributed by atoms with Crippen LogP contribution in [0.15, 0.2) is 0 Å². The van der Waals surface area contributed by atoms with Gasteiger partial charge >= 0.3 is 0 Å². The van der Waals surface area contributed by atoms with Crippen molar-refractivity contribution in [3.63, 3.8) is 0 Å². The molecule has 0 aromatic carbocycles. The zero-order chi connectivity index (χ0) is 11.6. The molecular weight excluding hydrogens is 200 g/mol. The smallest absolute Gasteiger partial charge is 0.227 e. The molecule has 2 rings (SSSR count). The van der Waals surface area contributed by atoms with Gasteiger partial charge in [0.1, 0.15) is 0 Å². The molecule has 2 saturated carbocycles. The second kappa shape index (κ2) is 4.74. The molecule has 92 valence electrons. The predicted molar refractivity (Wildman–Crippen MR) is 64.9 cm³/mol. The Balaban J connectivity index is 1.90. The van der Waals surface area contributed by atoms with Gasteiger partial charge in [-0.05, 0) is 31.6 Å². The summed E-state index contributed by atoms with van der Waals surface area (Å²) in [5.41, 5.74) is 5.54. The molecule has 0 saturated heterocycles. The Morgan fingerprint density at radius 3 is 2.50 bits per heavy atom. The van der Waals surface area contributed by atoms with E-state index in [4.69, 9.17) is 5.73 Å². The zero-order valence-electron chi connectivity index (χ0n) is 10.3. The largest absolute Gasteiger partial charge is 0.353 e. The molecule has 0 aromatic rings. The summed E-state index contributed by atoms with van der Waals surface area (Å²) in [6.07, 6.45) is 8.09. The number of nitrogens with one attached hydrogen (secondary N) is 1. The van der Waals surface area contributed by atoms with Crippen molar-refractivity contribution in [2.24, 2.45) is 17.1 Å². The number of carbonyl (C=O) groups excluding carboxylic acids is 1. The minimum absolute atomic E-state index is 0.211. The third kappa shape index (κ3) is 2.10. The summed E-state index contributed by atoms with van der Waals surface area (Å²) in [5.74, 6) is 0.854. The number of carbonyl (C=O) groups is 1. The Morgan fingerprint density at radius 2 is 2.00 bits per heavy atom. The molecule has 2 fully saturated rings. The summed E-state index contributed by atoms with van der Waals surface area (Å²) in [6, 6.07) is 0.394. The van der Waals surface area contributed by atoms with Crippen molar-refractivity contribution in [1.29, 1.82) is 0 Å². The van der Waals surface area contributed by atoms with Gasteiger partial charge in [0.05, 0.1) is 5.41 Å². The van der Waals surface area contributed by atoms with E-state index >= 15 is 0 Å². The fourth-order valence-corrected chi connectivity index (χ4v) is 2.98. The van der Waals surface area contributed by atoms with Gasteiger partial charge in [-0.1, -0.05) is 26.2 Å². The first-order chi connectivity index (χ1) is 7.68. The molecule has 0 bridgehead atoms. The summed E-state index contributed by atoms with van der Waals surface area (Å²) in [4.78, 5) is 12.2. The quantitative estimate of drug-likeness (QED) is 0.768. The van der Waals surface area contributed by atoms with Crippen LogP contribution in [0.3, 0.4) is 0 Å². The monoisotopic (exact) mass is 224 g/mol. The van der Waals surface area contributed by atoms with Crippen LogP contribution in [0.1, 0.15) is 51.9 Å².